The summed E-state index contributed by atoms with van der Waals surface area (Å²) in [6, 6.07) is 8.30. The van der Waals surface area contributed by atoms with Crippen molar-refractivity contribution in [3.63, 3.8) is 0 Å². The summed E-state index contributed by atoms with van der Waals surface area (Å²) in [6.45, 7) is 3.96. The molecular formula is C20H28N2O2. The van der Waals surface area contributed by atoms with Crippen LogP contribution in [0.15, 0.2) is 30.5 Å². The zero-order valence-corrected chi connectivity index (χ0v) is 14.6. The van der Waals surface area contributed by atoms with E-state index in [9.17, 15) is 9.90 Å². The van der Waals surface area contributed by atoms with E-state index < -0.39 is 0 Å². The lowest BCUT2D eigenvalue weighted by Gasteiger charge is -2.40. The quantitative estimate of drug-likeness (QED) is 0.852. The summed E-state index contributed by atoms with van der Waals surface area (Å²) in [5.74, 6) is 0.262. The van der Waals surface area contributed by atoms with E-state index in [1.807, 2.05) is 11.0 Å². The fourth-order valence-electron chi connectivity index (χ4n) is 3.78. The topological polar surface area (TPSA) is 56.3 Å². The molecule has 1 amide bonds. The average molecular weight is 328 g/mol. The maximum atomic E-state index is 12.4. The van der Waals surface area contributed by atoms with Gasteiger partial charge in [-0.25, -0.2) is 0 Å². The Labute approximate surface area is 143 Å². The molecule has 1 aromatic carbocycles. The molecule has 2 heterocycles. The molecule has 4 nitrogen and oxygen atoms in total. The van der Waals surface area contributed by atoms with Gasteiger partial charge in [-0.2, -0.15) is 0 Å². The number of aliphatic hydroxyl groups is 1. The van der Waals surface area contributed by atoms with Crippen molar-refractivity contribution < 1.29 is 9.90 Å². The lowest BCUT2D eigenvalue weighted by atomic mass is 9.77. The van der Waals surface area contributed by atoms with E-state index in [0.29, 0.717) is 6.42 Å². The zero-order chi connectivity index (χ0) is 17.0. The van der Waals surface area contributed by atoms with Gasteiger partial charge in [0.25, 0.3) is 0 Å². The van der Waals surface area contributed by atoms with Gasteiger partial charge in [0, 0.05) is 43.2 Å². The predicted octanol–water partition coefficient (Wildman–Crippen LogP) is 3.50. The summed E-state index contributed by atoms with van der Waals surface area (Å²) in [6.07, 6.45) is 7.33. The first-order chi connectivity index (χ1) is 11.7. The van der Waals surface area contributed by atoms with E-state index in [4.69, 9.17) is 0 Å². The molecule has 130 valence electrons. The number of aromatic nitrogens is 1. The van der Waals surface area contributed by atoms with Crippen molar-refractivity contribution in [2.45, 2.75) is 45.4 Å². The van der Waals surface area contributed by atoms with Gasteiger partial charge in [0.1, 0.15) is 0 Å². The third-order valence-electron chi connectivity index (χ3n) is 5.77. The molecule has 0 radical (unpaired) electrons. The number of aryl methyl sites for hydroxylation is 1. The number of aromatic amines is 1. The highest BCUT2D eigenvalue weighted by atomic mass is 16.3. The smallest absolute Gasteiger partial charge is 0.222 e. The second-order valence-electron chi connectivity index (χ2n) is 7.11. The van der Waals surface area contributed by atoms with E-state index in [1.165, 1.54) is 10.9 Å². The summed E-state index contributed by atoms with van der Waals surface area (Å²) in [7, 11) is 0. The van der Waals surface area contributed by atoms with E-state index >= 15 is 0 Å². The summed E-state index contributed by atoms with van der Waals surface area (Å²) in [4.78, 5) is 17.7. The Hall–Kier alpha value is -1.81. The van der Waals surface area contributed by atoms with E-state index in [0.717, 1.165) is 50.7 Å². The number of likely N-dealkylation sites (tertiary alicyclic amines) is 1. The van der Waals surface area contributed by atoms with Crippen LogP contribution in [0.5, 0.6) is 0 Å². The van der Waals surface area contributed by atoms with Gasteiger partial charge in [0.2, 0.25) is 5.91 Å². The van der Waals surface area contributed by atoms with Crippen molar-refractivity contribution >= 4 is 16.8 Å². The largest absolute Gasteiger partial charge is 0.396 e. The number of hydrogen-bond donors (Lipinski definition) is 2. The summed E-state index contributed by atoms with van der Waals surface area (Å²) in [5.41, 5.74) is 2.50. The number of amides is 1. The van der Waals surface area contributed by atoms with Crippen molar-refractivity contribution in [3.05, 3.63) is 36.0 Å². The molecular weight excluding hydrogens is 300 g/mol. The number of piperidine rings is 1. The fourth-order valence-corrected chi connectivity index (χ4v) is 3.78. The molecule has 24 heavy (non-hydrogen) atoms. The first-order valence-electron chi connectivity index (χ1n) is 9.11. The number of para-hydroxylation sites is 1. The van der Waals surface area contributed by atoms with Crippen LogP contribution < -0.4 is 0 Å². The van der Waals surface area contributed by atoms with Gasteiger partial charge in [0.05, 0.1) is 0 Å². The van der Waals surface area contributed by atoms with Gasteiger partial charge in [-0.15, -0.1) is 0 Å². The Kier molecular flexibility index (Phi) is 5.24. The Morgan fingerprint density at radius 3 is 2.75 bits per heavy atom. The number of benzene rings is 1. The molecule has 1 aromatic heterocycles. The van der Waals surface area contributed by atoms with Crippen LogP contribution in [0, 0.1) is 5.41 Å². The molecule has 0 saturated carbocycles. The van der Waals surface area contributed by atoms with Gasteiger partial charge in [-0.3, -0.25) is 4.79 Å². The van der Waals surface area contributed by atoms with Crippen molar-refractivity contribution in [2.75, 3.05) is 19.7 Å². The Morgan fingerprint density at radius 1 is 1.29 bits per heavy atom. The molecule has 0 atom stereocenters. The molecule has 0 aliphatic carbocycles. The average Bonchev–Trinajstić information content (AvgIpc) is 3.05. The summed E-state index contributed by atoms with van der Waals surface area (Å²) < 4.78 is 0. The number of hydrogen-bond acceptors (Lipinski definition) is 2. The van der Waals surface area contributed by atoms with Gasteiger partial charge in [-0.05, 0) is 49.1 Å². The fraction of sp³-hybridized carbons (Fsp3) is 0.550. The second kappa shape index (κ2) is 7.39. The van der Waals surface area contributed by atoms with Crippen molar-refractivity contribution in [1.29, 1.82) is 0 Å². The molecule has 1 aliphatic rings. The minimum atomic E-state index is 0.0425. The van der Waals surface area contributed by atoms with Crippen LogP contribution in [-0.2, 0) is 11.2 Å². The number of H-pyrrole nitrogens is 1. The minimum Gasteiger partial charge on any atom is -0.396 e. The van der Waals surface area contributed by atoms with Gasteiger partial charge in [0.15, 0.2) is 0 Å². The summed E-state index contributed by atoms with van der Waals surface area (Å²) in [5, 5.41) is 10.9. The lowest BCUT2D eigenvalue weighted by molar-refractivity contribution is -0.134. The third kappa shape index (κ3) is 3.48. The highest BCUT2D eigenvalue weighted by Gasteiger charge is 2.33. The Bertz CT molecular complexity index is 678. The van der Waals surface area contributed by atoms with E-state index in [1.54, 1.807) is 0 Å². The van der Waals surface area contributed by atoms with Crippen LogP contribution in [0.25, 0.3) is 10.9 Å². The van der Waals surface area contributed by atoms with Crippen LogP contribution in [-0.4, -0.2) is 40.6 Å². The van der Waals surface area contributed by atoms with Crippen LogP contribution in [0.4, 0.5) is 0 Å². The minimum absolute atomic E-state index is 0.0425. The SMILES string of the molecule is CCC1(CO)CCN(C(=O)CCCc2c[nH]c3ccccc23)CC1. The molecule has 4 heteroatoms. The first kappa shape index (κ1) is 17.0. The molecule has 0 bridgehead atoms. The highest BCUT2D eigenvalue weighted by Crippen LogP contribution is 2.34. The molecule has 1 aliphatic heterocycles. The van der Waals surface area contributed by atoms with Crippen LogP contribution in [0.2, 0.25) is 0 Å². The normalized spacial score (nSPS) is 17.3. The summed E-state index contributed by atoms with van der Waals surface area (Å²) >= 11 is 0. The second-order valence-corrected chi connectivity index (χ2v) is 7.11. The number of nitrogens with one attached hydrogen (secondary N) is 1. The number of carbonyl (C=O) groups excluding carboxylic acids is 1. The van der Waals surface area contributed by atoms with Gasteiger partial charge < -0.3 is 15.0 Å². The van der Waals surface area contributed by atoms with Gasteiger partial charge in [-0.1, -0.05) is 25.1 Å². The van der Waals surface area contributed by atoms with E-state index in [2.05, 4.69) is 36.3 Å². The zero-order valence-electron chi connectivity index (χ0n) is 14.6. The molecule has 1 fully saturated rings. The molecule has 3 rings (SSSR count). The third-order valence-corrected chi connectivity index (χ3v) is 5.77. The monoisotopic (exact) mass is 328 g/mol. The van der Waals surface area contributed by atoms with Crippen molar-refractivity contribution in [3.8, 4) is 0 Å². The lowest BCUT2D eigenvalue weighted by Crippen LogP contribution is -2.44. The number of nitrogens with zero attached hydrogens (tertiary/aromatic N) is 1. The number of carbonyl (C=O) groups is 1. The number of rotatable bonds is 6. The maximum Gasteiger partial charge on any atom is 0.222 e. The van der Waals surface area contributed by atoms with Crippen LogP contribution in [0.1, 0.15) is 44.6 Å². The Morgan fingerprint density at radius 2 is 2.04 bits per heavy atom. The van der Waals surface area contributed by atoms with Crippen molar-refractivity contribution in [1.82, 2.24) is 9.88 Å². The maximum absolute atomic E-state index is 12.4. The molecule has 1 saturated heterocycles. The number of aliphatic hydroxyl groups excluding tert-OH is 1. The van der Waals surface area contributed by atoms with Crippen LogP contribution in [0.3, 0.4) is 0 Å². The van der Waals surface area contributed by atoms with Crippen molar-refractivity contribution in [2.24, 2.45) is 5.41 Å². The highest BCUT2D eigenvalue weighted by molar-refractivity contribution is 5.83. The first-order valence-corrected chi connectivity index (χ1v) is 9.11. The molecule has 0 unspecified atom stereocenters. The molecule has 2 aromatic rings. The van der Waals surface area contributed by atoms with E-state index in [-0.39, 0.29) is 17.9 Å². The van der Waals surface area contributed by atoms with Crippen LogP contribution >= 0.6 is 0 Å². The number of fused-ring (bicyclic) bond motifs is 1. The molecule has 2 N–H and O–H groups in total. The predicted molar refractivity (Wildman–Crippen MR) is 96.9 cm³/mol. The Balaban J connectivity index is 1.48. The standard InChI is InChI=1S/C20H28N2O2/c1-2-20(15-23)10-12-22(13-11-20)19(24)9-5-6-16-14-21-18-8-4-3-7-17(16)18/h3-4,7-8,14,21,23H,2,5-6,9-13,15H2,1H3. The molecule has 0 spiro atoms. The van der Waals surface area contributed by atoms with Gasteiger partial charge >= 0.3 is 0 Å².